The second kappa shape index (κ2) is 8.69. The van der Waals surface area contributed by atoms with E-state index in [-0.39, 0.29) is 36.1 Å². The normalized spacial score (nSPS) is 20.0. The van der Waals surface area contributed by atoms with Crippen molar-refractivity contribution in [3.05, 3.63) is 36.4 Å². The maximum atomic E-state index is 13.7. The van der Waals surface area contributed by atoms with E-state index in [1.165, 1.54) is 23.9 Å². The van der Waals surface area contributed by atoms with Gasteiger partial charge in [-0.15, -0.1) is 12.4 Å². The Morgan fingerprint density at radius 1 is 1.44 bits per heavy atom. The number of amides is 1. The molecular weight excluding hydrogens is 363 g/mol. The number of benzene rings is 1. The number of carbonyl (C=O) groups is 1. The minimum absolute atomic E-state index is 0. The van der Waals surface area contributed by atoms with Gasteiger partial charge in [-0.3, -0.25) is 4.79 Å². The van der Waals surface area contributed by atoms with Crippen molar-refractivity contribution in [2.45, 2.75) is 41.8 Å². The van der Waals surface area contributed by atoms with Gasteiger partial charge in [0.05, 0.1) is 5.69 Å². The third-order valence-corrected chi connectivity index (χ3v) is 5.42. The van der Waals surface area contributed by atoms with Crippen LogP contribution >= 0.6 is 24.2 Å². The fourth-order valence-electron chi connectivity index (χ4n) is 2.94. The maximum Gasteiger partial charge on any atom is 0.227 e. The monoisotopic (exact) mass is 384 g/mol. The summed E-state index contributed by atoms with van der Waals surface area (Å²) in [4.78, 5) is 17.5. The fraction of sp³-hybridized carbons (Fsp3) is 0.412. The molecule has 1 fully saturated rings. The smallest absolute Gasteiger partial charge is 0.227 e. The number of hydrogen-bond acceptors (Lipinski definition) is 4. The molecule has 1 amide bonds. The van der Waals surface area contributed by atoms with Crippen molar-refractivity contribution < 1.29 is 9.18 Å². The Hall–Kier alpha value is -1.57. The molecule has 0 spiro atoms. The second-order valence-corrected chi connectivity index (χ2v) is 7.19. The SMILES string of the molecule is Cl.Cn1ccnc1Sc1ccc(F)cc1NC(=O)C1CCCC(N)C1. The van der Waals surface area contributed by atoms with Gasteiger partial charge in [0.2, 0.25) is 5.91 Å². The summed E-state index contributed by atoms with van der Waals surface area (Å²) in [5.41, 5.74) is 6.44. The lowest BCUT2D eigenvalue weighted by Crippen LogP contribution is -2.34. The van der Waals surface area contributed by atoms with E-state index in [1.54, 1.807) is 12.3 Å². The van der Waals surface area contributed by atoms with E-state index in [9.17, 15) is 9.18 Å². The number of hydrogen-bond donors (Lipinski definition) is 2. The molecule has 1 aromatic carbocycles. The Morgan fingerprint density at radius 3 is 2.92 bits per heavy atom. The maximum absolute atomic E-state index is 13.7. The van der Waals surface area contributed by atoms with Gasteiger partial charge in [-0.2, -0.15) is 0 Å². The van der Waals surface area contributed by atoms with E-state index in [4.69, 9.17) is 5.73 Å². The summed E-state index contributed by atoms with van der Waals surface area (Å²) in [6.07, 6.45) is 6.97. The summed E-state index contributed by atoms with van der Waals surface area (Å²) in [5, 5.41) is 3.66. The first-order valence-corrected chi connectivity index (χ1v) is 8.86. The van der Waals surface area contributed by atoms with Crippen LogP contribution in [0.3, 0.4) is 0 Å². The largest absolute Gasteiger partial charge is 0.329 e. The van der Waals surface area contributed by atoms with Gasteiger partial charge in [0, 0.05) is 36.3 Å². The summed E-state index contributed by atoms with van der Waals surface area (Å²) < 4.78 is 15.5. The first-order valence-electron chi connectivity index (χ1n) is 8.04. The van der Waals surface area contributed by atoms with Gasteiger partial charge in [0.1, 0.15) is 5.82 Å². The number of nitrogens with two attached hydrogens (primary N) is 1. The highest BCUT2D eigenvalue weighted by Gasteiger charge is 2.26. The van der Waals surface area contributed by atoms with E-state index < -0.39 is 0 Å². The van der Waals surface area contributed by atoms with Gasteiger partial charge in [-0.1, -0.05) is 6.42 Å². The van der Waals surface area contributed by atoms with Gasteiger partial charge in [-0.05, 0) is 49.2 Å². The van der Waals surface area contributed by atoms with Crippen LogP contribution in [-0.2, 0) is 11.8 Å². The van der Waals surface area contributed by atoms with Crippen LogP contribution in [0.15, 0.2) is 40.6 Å². The molecule has 136 valence electrons. The van der Waals surface area contributed by atoms with E-state index >= 15 is 0 Å². The molecule has 1 heterocycles. The van der Waals surface area contributed by atoms with E-state index in [2.05, 4.69) is 10.3 Å². The zero-order chi connectivity index (χ0) is 17.1. The molecule has 25 heavy (non-hydrogen) atoms. The first kappa shape index (κ1) is 19.8. The van der Waals surface area contributed by atoms with Crippen molar-refractivity contribution in [3.8, 4) is 0 Å². The van der Waals surface area contributed by atoms with E-state index in [1.807, 2.05) is 17.8 Å². The lowest BCUT2D eigenvalue weighted by atomic mass is 9.85. The Labute approximate surface area is 157 Å². The zero-order valence-electron chi connectivity index (χ0n) is 13.9. The second-order valence-electron chi connectivity index (χ2n) is 6.18. The molecule has 2 unspecified atom stereocenters. The van der Waals surface area contributed by atoms with Gasteiger partial charge in [0.15, 0.2) is 5.16 Å². The van der Waals surface area contributed by atoms with Crippen LogP contribution in [0, 0.1) is 11.7 Å². The molecule has 8 heteroatoms. The van der Waals surface area contributed by atoms with Crippen molar-refractivity contribution in [3.63, 3.8) is 0 Å². The predicted molar refractivity (Wildman–Crippen MR) is 99.5 cm³/mol. The molecule has 1 aromatic heterocycles. The highest BCUT2D eigenvalue weighted by atomic mass is 35.5. The highest BCUT2D eigenvalue weighted by molar-refractivity contribution is 7.99. The predicted octanol–water partition coefficient (Wildman–Crippen LogP) is 3.59. The summed E-state index contributed by atoms with van der Waals surface area (Å²) >= 11 is 1.39. The minimum Gasteiger partial charge on any atom is -0.329 e. The third-order valence-electron chi connectivity index (χ3n) is 4.26. The van der Waals surface area contributed by atoms with Crippen molar-refractivity contribution in [2.24, 2.45) is 18.7 Å². The van der Waals surface area contributed by atoms with E-state index in [0.29, 0.717) is 12.1 Å². The Morgan fingerprint density at radius 2 is 2.24 bits per heavy atom. The molecule has 3 N–H and O–H groups in total. The van der Waals surface area contributed by atoms with Crippen molar-refractivity contribution >= 4 is 35.8 Å². The van der Waals surface area contributed by atoms with E-state index in [0.717, 1.165) is 29.3 Å². The third kappa shape index (κ3) is 4.96. The topological polar surface area (TPSA) is 72.9 Å². The number of nitrogens with one attached hydrogen (secondary N) is 1. The first-order chi connectivity index (χ1) is 11.5. The lowest BCUT2D eigenvalue weighted by molar-refractivity contribution is -0.120. The Kier molecular flexibility index (Phi) is 6.87. The Balaban J connectivity index is 0.00000225. The number of nitrogens with zero attached hydrogens (tertiary/aromatic N) is 2. The number of carbonyl (C=O) groups excluding carboxylic acids is 1. The average Bonchev–Trinajstić information content (AvgIpc) is 2.95. The number of aryl methyl sites for hydroxylation is 1. The molecule has 1 aliphatic carbocycles. The fourth-order valence-corrected chi connectivity index (χ4v) is 3.81. The number of imidazole rings is 1. The molecule has 2 atom stereocenters. The van der Waals surface area contributed by atoms with Crippen LogP contribution in [0.4, 0.5) is 10.1 Å². The summed E-state index contributed by atoms with van der Waals surface area (Å²) in [6, 6.07) is 4.48. The Bertz CT molecular complexity index is 739. The zero-order valence-corrected chi connectivity index (χ0v) is 15.6. The highest BCUT2D eigenvalue weighted by Crippen LogP contribution is 2.34. The van der Waals surface area contributed by atoms with Crippen LogP contribution in [0.2, 0.25) is 0 Å². The molecule has 3 rings (SSSR count). The van der Waals surface area contributed by atoms with Gasteiger partial charge >= 0.3 is 0 Å². The molecule has 0 radical (unpaired) electrons. The molecule has 0 saturated heterocycles. The van der Waals surface area contributed by atoms with Crippen LogP contribution in [0.5, 0.6) is 0 Å². The van der Waals surface area contributed by atoms with Gasteiger partial charge in [-0.25, -0.2) is 9.37 Å². The number of anilines is 1. The molecule has 2 aromatic rings. The van der Waals surface area contributed by atoms with Crippen molar-refractivity contribution in [1.82, 2.24) is 9.55 Å². The summed E-state index contributed by atoms with van der Waals surface area (Å²) in [5.74, 6) is -0.574. The van der Waals surface area contributed by atoms with Crippen molar-refractivity contribution in [2.75, 3.05) is 5.32 Å². The minimum atomic E-state index is -0.380. The lowest BCUT2D eigenvalue weighted by Gasteiger charge is -2.26. The number of aromatic nitrogens is 2. The van der Waals surface area contributed by atoms with Gasteiger partial charge in [0.25, 0.3) is 0 Å². The summed E-state index contributed by atoms with van der Waals surface area (Å²) in [6.45, 7) is 0. The number of halogens is 2. The molecule has 0 bridgehead atoms. The van der Waals surface area contributed by atoms with Crippen LogP contribution in [-0.4, -0.2) is 21.5 Å². The van der Waals surface area contributed by atoms with Crippen molar-refractivity contribution in [1.29, 1.82) is 0 Å². The molecule has 1 aliphatic rings. The average molecular weight is 385 g/mol. The molecule has 5 nitrogen and oxygen atoms in total. The van der Waals surface area contributed by atoms with Crippen LogP contribution < -0.4 is 11.1 Å². The molecule has 1 saturated carbocycles. The summed E-state index contributed by atoms with van der Waals surface area (Å²) in [7, 11) is 1.89. The van der Waals surface area contributed by atoms with Crippen LogP contribution in [0.25, 0.3) is 0 Å². The van der Waals surface area contributed by atoms with Crippen LogP contribution in [0.1, 0.15) is 25.7 Å². The molecular formula is C17H22ClFN4OS. The standard InChI is InChI=1S/C17H21FN4OS.ClH/c1-22-8-7-20-17(22)24-15-6-5-12(18)10-14(15)21-16(23)11-3-2-4-13(19)9-11;/h5-8,10-11,13H,2-4,9,19H2,1H3,(H,21,23);1H. The number of rotatable bonds is 4. The van der Waals surface area contributed by atoms with Gasteiger partial charge < -0.3 is 15.6 Å². The molecule has 0 aliphatic heterocycles. The quantitative estimate of drug-likeness (QED) is 0.844.